The van der Waals surface area contributed by atoms with Gasteiger partial charge in [-0.2, -0.15) is 0 Å². The van der Waals surface area contributed by atoms with Crippen LogP contribution in [0.1, 0.15) is 16.1 Å². The van der Waals surface area contributed by atoms with E-state index in [1.54, 1.807) is 31.2 Å². The molecule has 0 fully saturated rings. The van der Waals surface area contributed by atoms with Gasteiger partial charge in [0.05, 0.1) is 0 Å². The van der Waals surface area contributed by atoms with Crippen molar-refractivity contribution >= 4 is 27.5 Å². The van der Waals surface area contributed by atoms with Gasteiger partial charge in [0, 0.05) is 15.9 Å². The summed E-state index contributed by atoms with van der Waals surface area (Å²) in [5.74, 6) is -0.422. The van der Waals surface area contributed by atoms with Gasteiger partial charge in [-0.3, -0.25) is 9.59 Å². The van der Waals surface area contributed by atoms with Crippen LogP contribution in [0.15, 0.2) is 45.7 Å². The molecule has 5 heteroatoms. The van der Waals surface area contributed by atoms with Crippen LogP contribution in [0, 0.1) is 6.92 Å². The van der Waals surface area contributed by atoms with E-state index in [0.717, 1.165) is 10.2 Å². The lowest BCUT2D eigenvalue weighted by Gasteiger charge is -2.05. The number of halogens is 1. The maximum atomic E-state index is 11.9. The maximum Gasteiger partial charge on any atom is 0.261 e. The molecule has 0 aliphatic rings. The Morgan fingerprint density at radius 3 is 2.72 bits per heavy atom. The van der Waals surface area contributed by atoms with Crippen molar-refractivity contribution in [3.8, 4) is 0 Å². The van der Waals surface area contributed by atoms with Crippen LogP contribution in [-0.2, 0) is 0 Å². The SMILES string of the molecule is Cc1ccc(C(=O)Nc2cccc(Br)c2)c(=O)[nH]1. The minimum atomic E-state index is -0.422. The fourth-order valence-electron chi connectivity index (χ4n) is 1.52. The first kappa shape index (κ1) is 12.6. The molecule has 0 atom stereocenters. The number of amides is 1. The molecule has 0 aliphatic heterocycles. The number of aryl methyl sites for hydroxylation is 1. The lowest BCUT2D eigenvalue weighted by Crippen LogP contribution is -2.23. The highest BCUT2D eigenvalue weighted by molar-refractivity contribution is 9.10. The minimum absolute atomic E-state index is 0.0978. The van der Waals surface area contributed by atoms with Crippen LogP contribution in [0.25, 0.3) is 0 Å². The van der Waals surface area contributed by atoms with Crippen LogP contribution < -0.4 is 10.9 Å². The van der Waals surface area contributed by atoms with Gasteiger partial charge in [-0.05, 0) is 37.3 Å². The summed E-state index contributed by atoms with van der Waals surface area (Å²) in [7, 11) is 0. The van der Waals surface area contributed by atoms with E-state index in [2.05, 4.69) is 26.2 Å². The largest absolute Gasteiger partial charge is 0.326 e. The van der Waals surface area contributed by atoms with Crippen LogP contribution in [0.2, 0.25) is 0 Å². The van der Waals surface area contributed by atoms with Crippen molar-refractivity contribution in [1.82, 2.24) is 4.98 Å². The Morgan fingerprint density at radius 2 is 2.06 bits per heavy atom. The molecule has 92 valence electrons. The van der Waals surface area contributed by atoms with Gasteiger partial charge in [0.25, 0.3) is 11.5 Å². The highest BCUT2D eigenvalue weighted by atomic mass is 79.9. The second kappa shape index (κ2) is 5.18. The molecule has 18 heavy (non-hydrogen) atoms. The number of anilines is 1. The number of H-pyrrole nitrogens is 1. The second-order valence-corrected chi connectivity index (χ2v) is 4.76. The Balaban J connectivity index is 2.25. The summed E-state index contributed by atoms with van der Waals surface area (Å²) in [6, 6.07) is 10.4. The van der Waals surface area contributed by atoms with Gasteiger partial charge in [0.15, 0.2) is 0 Å². The maximum absolute atomic E-state index is 11.9. The van der Waals surface area contributed by atoms with E-state index in [1.165, 1.54) is 6.07 Å². The Hall–Kier alpha value is -1.88. The zero-order chi connectivity index (χ0) is 13.1. The minimum Gasteiger partial charge on any atom is -0.326 e. The molecule has 2 rings (SSSR count). The molecule has 0 unspecified atom stereocenters. The predicted octanol–water partition coefficient (Wildman–Crippen LogP) is 2.70. The van der Waals surface area contributed by atoms with Gasteiger partial charge >= 0.3 is 0 Å². The number of hydrogen-bond donors (Lipinski definition) is 2. The lowest BCUT2D eigenvalue weighted by molar-refractivity contribution is 0.102. The summed E-state index contributed by atoms with van der Waals surface area (Å²) in [5.41, 5.74) is 1.07. The summed E-state index contributed by atoms with van der Waals surface area (Å²) in [6.45, 7) is 1.76. The quantitative estimate of drug-likeness (QED) is 0.896. The molecule has 0 saturated heterocycles. The normalized spacial score (nSPS) is 10.1. The van der Waals surface area contributed by atoms with Crippen LogP contribution in [0.3, 0.4) is 0 Å². The molecular formula is C13H11BrN2O2. The highest BCUT2D eigenvalue weighted by Gasteiger charge is 2.10. The number of benzene rings is 1. The first-order chi connectivity index (χ1) is 8.56. The van der Waals surface area contributed by atoms with E-state index in [4.69, 9.17) is 0 Å². The third-order valence-corrected chi connectivity index (χ3v) is 2.88. The molecule has 2 N–H and O–H groups in total. The summed E-state index contributed by atoms with van der Waals surface area (Å²) >= 11 is 3.31. The fraction of sp³-hybridized carbons (Fsp3) is 0.0769. The zero-order valence-electron chi connectivity index (χ0n) is 9.66. The number of hydrogen-bond acceptors (Lipinski definition) is 2. The van der Waals surface area contributed by atoms with Crippen molar-refractivity contribution in [2.45, 2.75) is 6.92 Å². The van der Waals surface area contributed by atoms with E-state index in [1.807, 2.05) is 6.07 Å². The summed E-state index contributed by atoms with van der Waals surface area (Å²) < 4.78 is 0.859. The van der Waals surface area contributed by atoms with E-state index >= 15 is 0 Å². The molecule has 0 radical (unpaired) electrons. The van der Waals surface area contributed by atoms with Gasteiger partial charge in [-0.1, -0.05) is 22.0 Å². The van der Waals surface area contributed by atoms with Gasteiger partial charge in [-0.25, -0.2) is 0 Å². The van der Waals surface area contributed by atoms with Crippen molar-refractivity contribution in [2.75, 3.05) is 5.32 Å². The van der Waals surface area contributed by atoms with Crippen LogP contribution in [0.5, 0.6) is 0 Å². The van der Waals surface area contributed by atoms with Crippen molar-refractivity contribution < 1.29 is 4.79 Å². The van der Waals surface area contributed by atoms with E-state index in [0.29, 0.717) is 5.69 Å². The molecule has 4 nitrogen and oxygen atoms in total. The first-order valence-electron chi connectivity index (χ1n) is 5.33. The topological polar surface area (TPSA) is 62.0 Å². The van der Waals surface area contributed by atoms with Crippen LogP contribution >= 0.6 is 15.9 Å². The van der Waals surface area contributed by atoms with E-state index < -0.39 is 5.91 Å². The molecule has 1 heterocycles. The number of rotatable bonds is 2. The standard InChI is InChI=1S/C13H11BrN2O2/c1-8-5-6-11(12(17)15-8)13(18)16-10-4-2-3-9(14)7-10/h2-7H,1H3,(H,15,17)(H,16,18). The molecule has 0 bridgehead atoms. The van der Waals surface area contributed by atoms with Gasteiger partial charge < -0.3 is 10.3 Å². The number of carbonyl (C=O) groups excluding carboxylic acids is 1. The molecule has 2 aromatic rings. The fourth-order valence-corrected chi connectivity index (χ4v) is 1.91. The molecular weight excluding hydrogens is 296 g/mol. The smallest absolute Gasteiger partial charge is 0.261 e. The van der Waals surface area contributed by atoms with Crippen molar-refractivity contribution in [1.29, 1.82) is 0 Å². The summed E-state index contributed by atoms with van der Waals surface area (Å²) in [4.78, 5) is 26.1. The van der Waals surface area contributed by atoms with Crippen molar-refractivity contribution in [3.63, 3.8) is 0 Å². The predicted molar refractivity (Wildman–Crippen MR) is 73.9 cm³/mol. The highest BCUT2D eigenvalue weighted by Crippen LogP contribution is 2.16. The number of pyridine rings is 1. The number of aromatic amines is 1. The van der Waals surface area contributed by atoms with Crippen molar-refractivity contribution in [2.24, 2.45) is 0 Å². The van der Waals surface area contributed by atoms with Gasteiger partial charge in [-0.15, -0.1) is 0 Å². The van der Waals surface area contributed by atoms with Crippen LogP contribution in [-0.4, -0.2) is 10.9 Å². The summed E-state index contributed by atoms with van der Waals surface area (Å²) in [6.07, 6.45) is 0. The molecule has 1 aromatic heterocycles. The average Bonchev–Trinajstić information content (AvgIpc) is 2.28. The van der Waals surface area contributed by atoms with E-state index in [9.17, 15) is 9.59 Å². The molecule has 1 aromatic carbocycles. The summed E-state index contributed by atoms with van der Waals surface area (Å²) in [5, 5.41) is 2.67. The number of carbonyl (C=O) groups is 1. The van der Waals surface area contributed by atoms with Gasteiger partial charge in [0.2, 0.25) is 0 Å². The van der Waals surface area contributed by atoms with Crippen molar-refractivity contribution in [3.05, 3.63) is 62.5 Å². The Morgan fingerprint density at radius 1 is 1.28 bits per heavy atom. The lowest BCUT2D eigenvalue weighted by atomic mass is 10.2. The molecule has 0 aliphatic carbocycles. The molecule has 0 spiro atoms. The number of nitrogens with one attached hydrogen (secondary N) is 2. The number of aromatic nitrogens is 1. The monoisotopic (exact) mass is 306 g/mol. The van der Waals surface area contributed by atoms with Gasteiger partial charge in [0.1, 0.15) is 5.56 Å². The third kappa shape index (κ3) is 2.87. The average molecular weight is 307 g/mol. The molecule has 0 saturated carbocycles. The Bertz CT molecular complexity index is 649. The zero-order valence-corrected chi connectivity index (χ0v) is 11.2. The molecule has 1 amide bonds. The Labute approximate surface area is 112 Å². The third-order valence-electron chi connectivity index (χ3n) is 2.38. The van der Waals surface area contributed by atoms with E-state index in [-0.39, 0.29) is 11.1 Å². The second-order valence-electron chi connectivity index (χ2n) is 3.85. The first-order valence-corrected chi connectivity index (χ1v) is 6.12. The Kier molecular flexibility index (Phi) is 3.62. The van der Waals surface area contributed by atoms with Crippen LogP contribution in [0.4, 0.5) is 5.69 Å².